The first-order valence-corrected chi connectivity index (χ1v) is 9.98. The molecule has 0 saturated carbocycles. The minimum Gasteiger partial charge on any atom is -0.495 e. The first kappa shape index (κ1) is 18.4. The van der Waals surface area contributed by atoms with Gasteiger partial charge in [0.2, 0.25) is 5.13 Å². The fourth-order valence-corrected chi connectivity index (χ4v) is 3.98. The molecule has 0 unspecified atom stereocenters. The van der Waals surface area contributed by atoms with Crippen molar-refractivity contribution in [3.63, 3.8) is 0 Å². The van der Waals surface area contributed by atoms with Crippen molar-refractivity contribution in [2.45, 2.75) is 17.7 Å². The van der Waals surface area contributed by atoms with Crippen LogP contribution in [0, 0.1) is 0 Å². The minimum absolute atomic E-state index is 0.0899. The lowest BCUT2D eigenvalue weighted by Crippen LogP contribution is -2.02. The Balaban J connectivity index is 1.58. The van der Waals surface area contributed by atoms with Crippen LogP contribution in [0.15, 0.2) is 52.9 Å². The maximum atomic E-state index is 12.3. The van der Waals surface area contributed by atoms with E-state index in [-0.39, 0.29) is 5.78 Å². The van der Waals surface area contributed by atoms with Gasteiger partial charge in [0.1, 0.15) is 5.75 Å². The summed E-state index contributed by atoms with van der Waals surface area (Å²) in [7, 11) is 1.63. The van der Waals surface area contributed by atoms with Crippen LogP contribution < -0.4 is 10.1 Å². The Morgan fingerprint density at radius 3 is 2.65 bits per heavy atom. The van der Waals surface area contributed by atoms with Gasteiger partial charge in [0.25, 0.3) is 0 Å². The molecule has 0 amide bonds. The number of aromatic nitrogens is 2. The number of hydrogen-bond donors (Lipinski definition) is 1. The lowest BCUT2D eigenvalue weighted by Gasteiger charge is -2.07. The van der Waals surface area contributed by atoms with Gasteiger partial charge in [-0.05, 0) is 24.1 Å². The Labute approximate surface area is 160 Å². The third-order valence-electron chi connectivity index (χ3n) is 3.77. The van der Waals surface area contributed by atoms with Crippen LogP contribution >= 0.6 is 23.1 Å². The van der Waals surface area contributed by atoms with Gasteiger partial charge in [0.05, 0.1) is 18.6 Å². The van der Waals surface area contributed by atoms with Crippen LogP contribution in [0.25, 0.3) is 0 Å². The highest BCUT2D eigenvalue weighted by Gasteiger charge is 2.11. The lowest BCUT2D eigenvalue weighted by atomic mass is 10.1. The summed E-state index contributed by atoms with van der Waals surface area (Å²) in [6, 6.07) is 15.4. The molecule has 26 heavy (non-hydrogen) atoms. The molecule has 0 atom stereocenters. The van der Waals surface area contributed by atoms with Crippen LogP contribution in [0.2, 0.25) is 0 Å². The van der Waals surface area contributed by atoms with Gasteiger partial charge in [-0.2, -0.15) is 0 Å². The van der Waals surface area contributed by atoms with E-state index in [1.807, 2.05) is 48.5 Å². The molecule has 0 aliphatic heterocycles. The minimum atomic E-state index is 0.0899. The molecule has 7 heteroatoms. The molecule has 2 aromatic carbocycles. The normalized spacial score (nSPS) is 10.5. The van der Waals surface area contributed by atoms with Gasteiger partial charge in [-0.1, -0.05) is 66.4 Å². The quantitative estimate of drug-likeness (QED) is 0.443. The highest BCUT2D eigenvalue weighted by molar-refractivity contribution is 8.01. The molecule has 0 saturated heterocycles. The van der Waals surface area contributed by atoms with E-state index in [0.717, 1.165) is 27.8 Å². The number of hydrogen-bond acceptors (Lipinski definition) is 7. The predicted octanol–water partition coefficient (Wildman–Crippen LogP) is 4.83. The summed E-state index contributed by atoms with van der Waals surface area (Å²) in [4.78, 5) is 12.3. The van der Waals surface area contributed by atoms with E-state index >= 15 is 0 Å². The highest BCUT2D eigenvalue weighted by Crippen LogP contribution is 2.31. The van der Waals surface area contributed by atoms with E-state index in [4.69, 9.17) is 4.74 Å². The third-order valence-corrected chi connectivity index (χ3v) is 5.74. The van der Waals surface area contributed by atoms with Crippen molar-refractivity contribution in [1.29, 1.82) is 0 Å². The molecular formula is C19H19N3O2S2. The van der Waals surface area contributed by atoms with Crippen LogP contribution in [-0.2, 0) is 6.42 Å². The number of aryl methyl sites for hydroxylation is 1. The summed E-state index contributed by atoms with van der Waals surface area (Å²) in [6.45, 7) is 2.10. The summed E-state index contributed by atoms with van der Waals surface area (Å²) >= 11 is 2.81. The monoisotopic (exact) mass is 385 g/mol. The average Bonchev–Trinajstić information content (AvgIpc) is 3.14. The third kappa shape index (κ3) is 4.62. The van der Waals surface area contributed by atoms with E-state index in [9.17, 15) is 4.79 Å². The Hall–Kier alpha value is -2.38. The Bertz CT molecular complexity index is 879. The van der Waals surface area contributed by atoms with Crippen molar-refractivity contribution >= 4 is 39.7 Å². The topological polar surface area (TPSA) is 64.1 Å². The maximum Gasteiger partial charge on any atom is 0.210 e. The fourth-order valence-electron chi connectivity index (χ4n) is 2.32. The summed E-state index contributed by atoms with van der Waals surface area (Å²) in [5.41, 5.74) is 2.78. The summed E-state index contributed by atoms with van der Waals surface area (Å²) < 4.78 is 6.06. The standard InChI is InChI=1S/C19H19N3O2S2/c1-3-13-8-10-14(11-9-13)16(23)12-25-19-22-21-18(26-19)20-15-6-4-5-7-17(15)24-2/h4-11H,3,12H2,1-2H3,(H,20,21). The number of methoxy groups -OCH3 is 1. The molecule has 3 rings (SSSR count). The molecule has 5 nitrogen and oxygen atoms in total. The van der Waals surface area contributed by atoms with Crippen molar-refractivity contribution in [3.8, 4) is 5.75 Å². The van der Waals surface area contributed by atoms with E-state index in [0.29, 0.717) is 10.9 Å². The van der Waals surface area contributed by atoms with Crippen molar-refractivity contribution < 1.29 is 9.53 Å². The van der Waals surface area contributed by atoms with Gasteiger partial charge in [-0.3, -0.25) is 4.79 Å². The molecule has 0 bridgehead atoms. The second-order valence-electron chi connectivity index (χ2n) is 5.46. The largest absolute Gasteiger partial charge is 0.495 e. The number of nitrogens with one attached hydrogen (secondary N) is 1. The number of rotatable bonds is 8. The summed E-state index contributed by atoms with van der Waals surface area (Å²) in [5, 5.41) is 12.1. The van der Waals surface area contributed by atoms with Crippen LogP contribution in [0.3, 0.4) is 0 Å². The predicted molar refractivity (Wildman–Crippen MR) is 107 cm³/mol. The van der Waals surface area contributed by atoms with Crippen LogP contribution in [0.4, 0.5) is 10.8 Å². The molecule has 1 aromatic heterocycles. The molecule has 1 N–H and O–H groups in total. The van der Waals surface area contributed by atoms with Crippen molar-refractivity contribution in [2.24, 2.45) is 0 Å². The molecule has 3 aromatic rings. The Morgan fingerprint density at radius 1 is 1.15 bits per heavy atom. The van der Waals surface area contributed by atoms with E-state index in [1.54, 1.807) is 7.11 Å². The highest BCUT2D eigenvalue weighted by atomic mass is 32.2. The number of nitrogens with zero attached hydrogens (tertiary/aromatic N) is 2. The number of thioether (sulfide) groups is 1. The molecular weight excluding hydrogens is 366 g/mol. The molecule has 0 spiro atoms. The molecule has 0 aliphatic rings. The second kappa shape index (κ2) is 8.82. The molecule has 0 aliphatic carbocycles. The van der Waals surface area contributed by atoms with Gasteiger partial charge in [-0.15, -0.1) is 10.2 Å². The number of ether oxygens (including phenoxy) is 1. The number of benzene rings is 2. The Kier molecular flexibility index (Phi) is 6.25. The van der Waals surface area contributed by atoms with Gasteiger partial charge in [0, 0.05) is 5.56 Å². The van der Waals surface area contributed by atoms with Crippen LogP contribution in [0.5, 0.6) is 5.75 Å². The van der Waals surface area contributed by atoms with E-state index in [2.05, 4.69) is 22.4 Å². The smallest absolute Gasteiger partial charge is 0.210 e. The number of carbonyl (C=O) groups is 1. The fraction of sp³-hybridized carbons (Fsp3) is 0.211. The number of ketones is 1. The summed E-state index contributed by atoms with van der Waals surface area (Å²) in [6.07, 6.45) is 0.968. The van der Waals surface area contributed by atoms with Crippen LogP contribution in [-0.4, -0.2) is 28.8 Å². The van der Waals surface area contributed by atoms with Crippen molar-refractivity contribution in [1.82, 2.24) is 10.2 Å². The number of para-hydroxylation sites is 2. The molecule has 0 fully saturated rings. The first-order valence-electron chi connectivity index (χ1n) is 8.18. The second-order valence-corrected chi connectivity index (χ2v) is 7.66. The SMILES string of the molecule is CCc1ccc(C(=O)CSc2nnc(Nc3ccccc3OC)s2)cc1. The first-order chi connectivity index (χ1) is 12.7. The van der Waals surface area contributed by atoms with Crippen molar-refractivity contribution in [3.05, 3.63) is 59.7 Å². The molecule has 1 heterocycles. The molecule has 134 valence electrons. The zero-order valence-corrected chi connectivity index (χ0v) is 16.2. The Morgan fingerprint density at radius 2 is 1.92 bits per heavy atom. The van der Waals surface area contributed by atoms with E-state index in [1.165, 1.54) is 28.7 Å². The maximum absolute atomic E-state index is 12.3. The van der Waals surface area contributed by atoms with Gasteiger partial charge >= 0.3 is 0 Å². The van der Waals surface area contributed by atoms with Crippen molar-refractivity contribution in [2.75, 3.05) is 18.2 Å². The summed E-state index contributed by atoms with van der Waals surface area (Å²) in [5.74, 6) is 1.17. The zero-order chi connectivity index (χ0) is 18.4. The number of Topliss-reactive ketones (excluding diaryl/α,β-unsaturated/α-hetero) is 1. The lowest BCUT2D eigenvalue weighted by molar-refractivity contribution is 0.102. The number of carbonyl (C=O) groups excluding carboxylic acids is 1. The average molecular weight is 386 g/mol. The zero-order valence-electron chi connectivity index (χ0n) is 14.6. The van der Waals surface area contributed by atoms with E-state index < -0.39 is 0 Å². The number of anilines is 2. The van der Waals surface area contributed by atoms with Gasteiger partial charge in [-0.25, -0.2) is 0 Å². The van der Waals surface area contributed by atoms with Gasteiger partial charge in [0.15, 0.2) is 10.1 Å². The van der Waals surface area contributed by atoms with Gasteiger partial charge < -0.3 is 10.1 Å². The molecule has 0 radical (unpaired) electrons. The van der Waals surface area contributed by atoms with Crippen LogP contribution in [0.1, 0.15) is 22.8 Å².